The van der Waals surface area contributed by atoms with E-state index >= 15 is 0 Å². The molecule has 1 aliphatic rings. The maximum atomic E-state index is 13.9. The van der Waals surface area contributed by atoms with Crippen molar-refractivity contribution < 1.29 is 37.4 Å². The molecule has 0 saturated carbocycles. The van der Waals surface area contributed by atoms with Gasteiger partial charge in [0.25, 0.3) is 5.91 Å². The van der Waals surface area contributed by atoms with Crippen molar-refractivity contribution in [3.05, 3.63) is 72.3 Å². The third-order valence-corrected chi connectivity index (χ3v) is 5.98. The van der Waals surface area contributed by atoms with Gasteiger partial charge in [-0.2, -0.15) is 13.2 Å². The molecule has 2 amide bonds. The van der Waals surface area contributed by atoms with E-state index in [1.165, 1.54) is 6.08 Å². The fraction of sp³-hybridized carbons (Fsp3) is 0.320. The molecular weight excluding hydrogens is 465 g/mol. The second-order valence-corrected chi connectivity index (χ2v) is 8.30. The van der Waals surface area contributed by atoms with E-state index in [-0.39, 0.29) is 19.4 Å². The van der Waals surface area contributed by atoms with Crippen LogP contribution >= 0.6 is 0 Å². The summed E-state index contributed by atoms with van der Waals surface area (Å²) in [5.41, 5.74) is 0.192. The van der Waals surface area contributed by atoms with Gasteiger partial charge in [0, 0.05) is 5.92 Å². The SMILES string of the molecule is C=CCCC(NC(=O)C(C)(NC(=O)OCC1c2ccccc2-c2ccccc21)C(F)(F)F)C(=O)O. The van der Waals surface area contributed by atoms with Crippen LogP contribution in [0.1, 0.15) is 36.8 Å². The number of benzene rings is 2. The Labute approximate surface area is 200 Å². The van der Waals surface area contributed by atoms with Gasteiger partial charge in [0.2, 0.25) is 5.54 Å². The standard InChI is InChI=1S/C25H25F3N2O5/c1-3-4-13-20(21(31)32)29-22(33)24(2,25(26,27)28)30-23(34)35-14-19-17-11-7-5-9-15(17)16-10-6-8-12-18(16)19/h3,5-12,19-20H,1,4,13-14H2,2H3,(H,29,33)(H,30,34)(H,31,32). The second kappa shape index (κ2) is 10.2. The van der Waals surface area contributed by atoms with E-state index in [9.17, 15) is 32.7 Å². The van der Waals surface area contributed by atoms with Crippen molar-refractivity contribution in [2.24, 2.45) is 0 Å². The van der Waals surface area contributed by atoms with Crippen LogP contribution in [-0.2, 0) is 14.3 Å². The fourth-order valence-corrected chi connectivity index (χ4v) is 3.94. The molecule has 1 aliphatic carbocycles. The summed E-state index contributed by atoms with van der Waals surface area (Å²) in [6.07, 6.45) is -5.33. The monoisotopic (exact) mass is 490 g/mol. The Morgan fingerprint density at radius 2 is 1.63 bits per heavy atom. The average molecular weight is 490 g/mol. The Hall–Kier alpha value is -3.82. The molecule has 0 aliphatic heterocycles. The highest BCUT2D eigenvalue weighted by Gasteiger charge is 2.58. The van der Waals surface area contributed by atoms with Crippen LogP contribution in [0.15, 0.2) is 61.2 Å². The first-order valence-corrected chi connectivity index (χ1v) is 10.8. The maximum absolute atomic E-state index is 13.9. The summed E-state index contributed by atoms with van der Waals surface area (Å²) in [5.74, 6) is -3.62. The lowest BCUT2D eigenvalue weighted by molar-refractivity contribution is -0.195. The number of halogens is 3. The number of aliphatic carboxylic acids is 1. The van der Waals surface area contributed by atoms with E-state index in [4.69, 9.17) is 4.74 Å². The van der Waals surface area contributed by atoms with Crippen LogP contribution in [0.3, 0.4) is 0 Å². The van der Waals surface area contributed by atoms with E-state index in [0.717, 1.165) is 22.3 Å². The average Bonchev–Trinajstić information content (AvgIpc) is 3.13. The van der Waals surface area contributed by atoms with Crippen LogP contribution < -0.4 is 10.6 Å². The quantitative estimate of drug-likeness (QED) is 0.453. The third kappa shape index (κ3) is 5.31. The molecule has 0 saturated heterocycles. The molecule has 2 aromatic carbocycles. The van der Waals surface area contributed by atoms with Gasteiger partial charge < -0.3 is 15.2 Å². The van der Waals surface area contributed by atoms with Crippen molar-refractivity contribution in [1.29, 1.82) is 0 Å². The van der Waals surface area contributed by atoms with Crippen LogP contribution in [0.2, 0.25) is 0 Å². The molecule has 186 valence electrons. The van der Waals surface area contributed by atoms with Crippen LogP contribution in [0.25, 0.3) is 11.1 Å². The molecule has 3 rings (SSSR count). The van der Waals surface area contributed by atoms with Crippen LogP contribution in [-0.4, -0.2) is 47.4 Å². The molecular formula is C25H25F3N2O5. The molecule has 0 fully saturated rings. The van der Waals surface area contributed by atoms with Crippen molar-refractivity contribution >= 4 is 18.0 Å². The minimum absolute atomic E-state index is 0.153. The number of alkyl carbamates (subject to hydrolysis) is 1. The summed E-state index contributed by atoms with van der Waals surface area (Å²) in [6, 6.07) is 13.3. The number of rotatable bonds is 9. The van der Waals surface area contributed by atoms with Crippen molar-refractivity contribution in [3.8, 4) is 11.1 Å². The predicted octanol–water partition coefficient (Wildman–Crippen LogP) is 4.38. The maximum Gasteiger partial charge on any atom is 0.420 e. The van der Waals surface area contributed by atoms with Gasteiger partial charge in [-0.15, -0.1) is 6.58 Å². The van der Waals surface area contributed by atoms with Gasteiger partial charge in [0.1, 0.15) is 12.6 Å². The largest absolute Gasteiger partial charge is 0.480 e. The van der Waals surface area contributed by atoms with E-state index in [1.54, 1.807) is 5.32 Å². The van der Waals surface area contributed by atoms with Crippen molar-refractivity contribution in [3.63, 3.8) is 0 Å². The normalized spacial score (nSPS) is 15.2. The van der Waals surface area contributed by atoms with Gasteiger partial charge in [0.05, 0.1) is 0 Å². The smallest absolute Gasteiger partial charge is 0.420 e. The summed E-state index contributed by atoms with van der Waals surface area (Å²) in [4.78, 5) is 36.3. The minimum atomic E-state index is -5.23. The minimum Gasteiger partial charge on any atom is -0.480 e. The second-order valence-electron chi connectivity index (χ2n) is 8.30. The zero-order valence-corrected chi connectivity index (χ0v) is 18.9. The van der Waals surface area contributed by atoms with Gasteiger partial charge >= 0.3 is 18.2 Å². The number of alkyl halides is 3. The Kier molecular flexibility index (Phi) is 7.52. The number of hydrogen-bond acceptors (Lipinski definition) is 4. The topological polar surface area (TPSA) is 105 Å². The number of carboxylic acids is 1. The lowest BCUT2D eigenvalue weighted by Crippen LogP contribution is -2.66. The lowest BCUT2D eigenvalue weighted by atomic mass is 9.98. The number of amides is 2. The number of allylic oxidation sites excluding steroid dienone is 1. The summed E-state index contributed by atoms with van der Waals surface area (Å²) < 4.78 is 46.7. The van der Waals surface area contributed by atoms with E-state index in [2.05, 4.69) is 6.58 Å². The highest BCUT2D eigenvalue weighted by molar-refractivity contribution is 5.93. The predicted molar refractivity (Wildman–Crippen MR) is 122 cm³/mol. The molecule has 10 heteroatoms. The van der Waals surface area contributed by atoms with Gasteiger partial charge in [-0.05, 0) is 42.0 Å². The number of fused-ring (bicyclic) bond motifs is 3. The molecule has 0 bridgehead atoms. The van der Waals surface area contributed by atoms with Crippen LogP contribution in [0.5, 0.6) is 0 Å². The summed E-state index contributed by atoms with van der Waals surface area (Å²) in [6.45, 7) is 3.62. The lowest BCUT2D eigenvalue weighted by Gasteiger charge is -2.32. The highest BCUT2D eigenvalue weighted by atomic mass is 19.4. The first-order valence-electron chi connectivity index (χ1n) is 10.8. The third-order valence-electron chi connectivity index (χ3n) is 5.98. The molecule has 0 spiro atoms. The number of nitrogens with one attached hydrogen (secondary N) is 2. The van der Waals surface area contributed by atoms with E-state index < -0.39 is 41.6 Å². The molecule has 2 atom stereocenters. The number of carbonyl (C=O) groups excluding carboxylic acids is 2. The fourth-order valence-electron chi connectivity index (χ4n) is 3.94. The Morgan fingerprint density at radius 1 is 1.09 bits per heavy atom. The number of ether oxygens (including phenoxy) is 1. The van der Waals surface area contributed by atoms with Gasteiger partial charge in [-0.3, -0.25) is 10.1 Å². The first kappa shape index (κ1) is 25.8. The van der Waals surface area contributed by atoms with Gasteiger partial charge in [-0.25, -0.2) is 9.59 Å². The molecule has 35 heavy (non-hydrogen) atoms. The van der Waals surface area contributed by atoms with Crippen LogP contribution in [0.4, 0.5) is 18.0 Å². The number of carbonyl (C=O) groups is 3. The number of carboxylic acid groups (broad SMARTS) is 1. The Morgan fingerprint density at radius 3 is 2.11 bits per heavy atom. The highest BCUT2D eigenvalue weighted by Crippen LogP contribution is 2.44. The molecule has 2 aromatic rings. The molecule has 2 unspecified atom stereocenters. The van der Waals surface area contributed by atoms with E-state index in [0.29, 0.717) is 6.92 Å². The van der Waals surface area contributed by atoms with Gasteiger partial charge in [-0.1, -0.05) is 54.6 Å². The molecule has 0 heterocycles. The van der Waals surface area contributed by atoms with Crippen molar-refractivity contribution in [2.75, 3.05) is 6.61 Å². The van der Waals surface area contributed by atoms with Crippen LogP contribution in [0, 0.1) is 0 Å². The summed E-state index contributed by atoms with van der Waals surface area (Å²) in [7, 11) is 0. The first-order chi connectivity index (χ1) is 16.5. The van der Waals surface area contributed by atoms with Crippen molar-refractivity contribution in [2.45, 2.75) is 43.4 Å². The Balaban J connectivity index is 1.74. The molecule has 3 N–H and O–H groups in total. The van der Waals surface area contributed by atoms with Crippen molar-refractivity contribution in [1.82, 2.24) is 10.6 Å². The molecule has 0 aromatic heterocycles. The summed E-state index contributed by atoms with van der Waals surface area (Å²) >= 11 is 0. The zero-order chi connectivity index (χ0) is 25.8. The van der Waals surface area contributed by atoms with E-state index in [1.807, 2.05) is 53.8 Å². The summed E-state index contributed by atoms with van der Waals surface area (Å²) in [5, 5.41) is 12.7. The zero-order valence-electron chi connectivity index (χ0n) is 18.9. The molecule has 7 nitrogen and oxygen atoms in total. The van der Waals surface area contributed by atoms with Gasteiger partial charge in [0.15, 0.2) is 0 Å². The Bertz CT molecular complexity index is 1090. The number of hydrogen-bond donors (Lipinski definition) is 3. The molecule has 0 radical (unpaired) electrons.